The first kappa shape index (κ1) is 15.6. The molecule has 1 heterocycles. The molecule has 1 aliphatic heterocycles. The third kappa shape index (κ3) is 4.57. The fraction of sp³-hybridized carbons (Fsp3) is 0.316. The number of para-hydroxylation sites is 1. The van der Waals surface area contributed by atoms with Gasteiger partial charge in [0.05, 0.1) is 11.7 Å². The molecule has 4 nitrogen and oxygen atoms in total. The normalized spacial score (nSPS) is 17.5. The van der Waals surface area contributed by atoms with Crippen molar-refractivity contribution in [3.63, 3.8) is 0 Å². The van der Waals surface area contributed by atoms with E-state index in [4.69, 9.17) is 14.2 Å². The second-order valence-electron chi connectivity index (χ2n) is 5.53. The van der Waals surface area contributed by atoms with E-state index in [2.05, 4.69) is 0 Å². The van der Waals surface area contributed by atoms with E-state index < -0.39 is 0 Å². The van der Waals surface area contributed by atoms with Gasteiger partial charge in [-0.2, -0.15) is 0 Å². The van der Waals surface area contributed by atoms with Crippen LogP contribution < -0.4 is 4.74 Å². The Kier molecular flexibility index (Phi) is 5.27. The standard InChI is InChI=1S/C19H20O4/c20-19(22-14-18-8-4-5-13-21-18)15-9-11-17(12-10-15)23-16-6-2-1-3-7-16/h1-3,6-7,9-12,18H,4-5,8,13-14H2. The first-order valence-electron chi connectivity index (χ1n) is 7.93. The highest BCUT2D eigenvalue weighted by Gasteiger charge is 2.16. The van der Waals surface area contributed by atoms with Crippen LogP contribution in [-0.2, 0) is 9.47 Å². The summed E-state index contributed by atoms with van der Waals surface area (Å²) in [7, 11) is 0. The van der Waals surface area contributed by atoms with Crippen LogP contribution in [0.4, 0.5) is 0 Å². The van der Waals surface area contributed by atoms with Crippen molar-refractivity contribution < 1.29 is 19.0 Å². The molecule has 0 N–H and O–H groups in total. The quantitative estimate of drug-likeness (QED) is 0.776. The van der Waals surface area contributed by atoms with Crippen molar-refractivity contribution in [1.29, 1.82) is 0 Å². The smallest absolute Gasteiger partial charge is 0.338 e. The number of carbonyl (C=O) groups is 1. The summed E-state index contributed by atoms with van der Waals surface area (Å²) in [5.41, 5.74) is 0.515. The first-order chi connectivity index (χ1) is 11.3. The molecule has 1 fully saturated rings. The number of esters is 1. The fourth-order valence-corrected chi connectivity index (χ4v) is 2.47. The van der Waals surface area contributed by atoms with Crippen molar-refractivity contribution in [2.75, 3.05) is 13.2 Å². The predicted molar refractivity (Wildman–Crippen MR) is 86.8 cm³/mol. The Hall–Kier alpha value is -2.33. The number of hydrogen-bond acceptors (Lipinski definition) is 4. The second kappa shape index (κ2) is 7.79. The largest absolute Gasteiger partial charge is 0.459 e. The molecule has 0 spiro atoms. The van der Waals surface area contributed by atoms with Gasteiger partial charge >= 0.3 is 5.97 Å². The minimum Gasteiger partial charge on any atom is -0.459 e. The maximum Gasteiger partial charge on any atom is 0.338 e. The maximum absolute atomic E-state index is 12.0. The van der Waals surface area contributed by atoms with E-state index in [0.717, 1.165) is 31.6 Å². The molecule has 0 aromatic heterocycles. The molecule has 0 radical (unpaired) electrons. The lowest BCUT2D eigenvalue weighted by atomic mass is 10.1. The van der Waals surface area contributed by atoms with E-state index in [1.54, 1.807) is 24.3 Å². The van der Waals surface area contributed by atoms with Crippen LogP contribution in [0.5, 0.6) is 11.5 Å². The average molecular weight is 312 g/mol. The van der Waals surface area contributed by atoms with Gasteiger partial charge in [0.25, 0.3) is 0 Å². The summed E-state index contributed by atoms with van der Waals surface area (Å²) in [6.45, 7) is 1.08. The molecular weight excluding hydrogens is 292 g/mol. The lowest BCUT2D eigenvalue weighted by molar-refractivity contribution is -0.0300. The summed E-state index contributed by atoms with van der Waals surface area (Å²) < 4.78 is 16.6. The second-order valence-corrected chi connectivity index (χ2v) is 5.53. The third-order valence-corrected chi connectivity index (χ3v) is 3.74. The zero-order chi connectivity index (χ0) is 15.9. The van der Waals surface area contributed by atoms with Gasteiger partial charge in [0, 0.05) is 6.61 Å². The van der Waals surface area contributed by atoms with Gasteiger partial charge in [-0.25, -0.2) is 4.79 Å². The van der Waals surface area contributed by atoms with Gasteiger partial charge in [-0.3, -0.25) is 0 Å². The van der Waals surface area contributed by atoms with Crippen LogP contribution in [0.25, 0.3) is 0 Å². The fourth-order valence-electron chi connectivity index (χ4n) is 2.47. The first-order valence-corrected chi connectivity index (χ1v) is 7.93. The number of rotatable bonds is 5. The van der Waals surface area contributed by atoms with Gasteiger partial charge in [-0.1, -0.05) is 18.2 Å². The molecule has 0 amide bonds. The summed E-state index contributed by atoms with van der Waals surface area (Å²) in [4.78, 5) is 12.0. The van der Waals surface area contributed by atoms with E-state index >= 15 is 0 Å². The summed E-state index contributed by atoms with van der Waals surface area (Å²) >= 11 is 0. The molecule has 1 aliphatic rings. The highest BCUT2D eigenvalue weighted by Crippen LogP contribution is 2.21. The summed E-state index contributed by atoms with van der Waals surface area (Å²) in [5.74, 6) is 1.12. The highest BCUT2D eigenvalue weighted by atomic mass is 16.6. The Bertz CT molecular complexity index is 616. The van der Waals surface area contributed by atoms with Crippen molar-refractivity contribution in [2.45, 2.75) is 25.4 Å². The molecule has 1 atom stereocenters. The van der Waals surface area contributed by atoms with E-state index in [1.807, 2.05) is 30.3 Å². The van der Waals surface area contributed by atoms with Crippen molar-refractivity contribution in [2.24, 2.45) is 0 Å². The number of hydrogen-bond donors (Lipinski definition) is 0. The molecule has 120 valence electrons. The topological polar surface area (TPSA) is 44.8 Å². The summed E-state index contributed by atoms with van der Waals surface area (Å²) in [6.07, 6.45) is 3.21. The Morgan fingerprint density at radius 2 is 1.74 bits per heavy atom. The molecule has 2 aromatic rings. The molecule has 0 bridgehead atoms. The molecular formula is C19H20O4. The number of benzene rings is 2. The number of ether oxygens (including phenoxy) is 3. The minimum absolute atomic E-state index is 0.0355. The van der Waals surface area contributed by atoms with Crippen molar-refractivity contribution in [1.82, 2.24) is 0 Å². The summed E-state index contributed by atoms with van der Waals surface area (Å²) in [5, 5.41) is 0. The van der Waals surface area contributed by atoms with Crippen molar-refractivity contribution in [3.05, 3.63) is 60.2 Å². The van der Waals surface area contributed by atoms with E-state index in [9.17, 15) is 4.79 Å². The molecule has 0 saturated carbocycles. The van der Waals surface area contributed by atoms with Gasteiger partial charge in [0.1, 0.15) is 18.1 Å². The monoisotopic (exact) mass is 312 g/mol. The average Bonchev–Trinajstić information content (AvgIpc) is 2.62. The van der Waals surface area contributed by atoms with Crippen LogP contribution in [0, 0.1) is 0 Å². The van der Waals surface area contributed by atoms with Gasteiger partial charge in [-0.15, -0.1) is 0 Å². The third-order valence-electron chi connectivity index (χ3n) is 3.74. The molecule has 23 heavy (non-hydrogen) atoms. The van der Waals surface area contributed by atoms with Crippen LogP contribution in [0.3, 0.4) is 0 Å². The van der Waals surface area contributed by atoms with Crippen molar-refractivity contribution >= 4 is 5.97 Å². The van der Waals surface area contributed by atoms with Crippen LogP contribution in [0.15, 0.2) is 54.6 Å². The molecule has 4 heteroatoms. The Labute approximate surface area is 136 Å². The van der Waals surface area contributed by atoms with Crippen molar-refractivity contribution in [3.8, 4) is 11.5 Å². The van der Waals surface area contributed by atoms with Crippen LogP contribution in [0.2, 0.25) is 0 Å². The molecule has 3 rings (SSSR count). The lowest BCUT2D eigenvalue weighted by Crippen LogP contribution is -2.25. The van der Waals surface area contributed by atoms with Gasteiger partial charge in [0.15, 0.2) is 0 Å². The molecule has 0 aliphatic carbocycles. The predicted octanol–water partition coefficient (Wildman–Crippen LogP) is 4.20. The minimum atomic E-state index is -0.328. The molecule has 1 unspecified atom stereocenters. The van der Waals surface area contributed by atoms with Crippen LogP contribution in [-0.4, -0.2) is 25.3 Å². The number of carbonyl (C=O) groups excluding carboxylic acids is 1. The van der Waals surface area contributed by atoms with Gasteiger partial charge in [-0.05, 0) is 55.7 Å². The Morgan fingerprint density at radius 3 is 2.43 bits per heavy atom. The Morgan fingerprint density at radius 1 is 1.00 bits per heavy atom. The zero-order valence-electron chi connectivity index (χ0n) is 12.9. The lowest BCUT2D eigenvalue weighted by Gasteiger charge is -2.22. The van der Waals surface area contributed by atoms with Gasteiger partial charge < -0.3 is 14.2 Å². The maximum atomic E-state index is 12.0. The summed E-state index contributed by atoms with van der Waals surface area (Å²) in [6, 6.07) is 16.5. The van der Waals surface area contributed by atoms with Crippen LogP contribution >= 0.6 is 0 Å². The van der Waals surface area contributed by atoms with E-state index in [-0.39, 0.29) is 12.1 Å². The van der Waals surface area contributed by atoms with E-state index in [0.29, 0.717) is 17.9 Å². The van der Waals surface area contributed by atoms with Gasteiger partial charge in [0.2, 0.25) is 0 Å². The zero-order valence-corrected chi connectivity index (χ0v) is 12.9. The molecule has 1 saturated heterocycles. The van der Waals surface area contributed by atoms with E-state index in [1.165, 1.54) is 0 Å². The Balaban J connectivity index is 1.52. The SMILES string of the molecule is O=C(OCC1CCCCO1)c1ccc(Oc2ccccc2)cc1. The molecule has 2 aromatic carbocycles. The van der Waals surface area contributed by atoms with Crippen LogP contribution in [0.1, 0.15) is 29.6 Å². The highest BCUT2D eigenvalue weighted by molar-refractivity contribution is 5.89.